The van der Waals surface area contributed by atoms with Crippen molar-refractivity contribution in [3.05, 3.63) is 42.3 Å². The zero-order valence-corrected chi connectivity index (χ0v) is 9.32. The minimum atomic E-state index is 0.763. The van der Waals surface area contributed by atoms with Gasteiger partial charge < -0.3 is 0 Å². The van der Waals surface area contributed by atoms with Gasteiger partial charge in [0.15, 0.2) is 0 Å². The highest BCUT2D eigenvalue weighted by Crippen LogP contribution is 2.51. The quantitative estimate of drug-likeness (QED) is 0.709. The van der Waals surface area contributed by atoms with Crippen molar-refractivity contribution in [3.63, 3.8) is 0 Å². The summed E-state index contributed by atoms with van der Waals surface area (Å²) in [5.74, 6) is 2.59. The fourth-order valence-corrected chi connectivity index (χ4v) is 2.93. The van der Waals surface area contributed by atoms with Crippen molar-refractivity contribution in [2.24, 2.45) is 17.8 Å². The van der Waals surface area contributed by atoms with E-state index in [1.165, 1.54) is 24.2 Å². The van der Waals surface area contributed by atoms with Gasteiger partial charge in [-0.2, -0.15) is 0 Å². The molecule has 0 N–H and O–H groups in total. The molecule has 1 aromatic rings. The van der Waals surface area contributed by atoms with E-state index < -0.39 is 0 Å². The van der Waals surface area contributed by atoms with Crippen molar-refractivity contribution in [2.75, 3.05) is 13.1 Å². The number of hydrogen-bond donors (Lipinski definition) is 0. The summed E-state index contributed by atoms with van der Waals surface area (Å²) in [6, 6.07) is 8.85. The molecule has 0 bridgehead atoms. The van der Waals surface area contributed by atoms with Gasteiger partial charge in [0.1, 0.15) is 0 Å². The van der Waals surface area contributed by atoms with E-state index in [9.17, 15) is 0 Å². The molecule has 1 saturated heterocycles. The molecule has 3 rings (SSSR count). The highest BCUT2D eigenvalue weighted by molar-refractivity contribution is 5.22. The van der Waals surface area contributed by atoms with Crippen molar-refractivity contribution < 1.29 is 0 Å². The summed E-state index contributed by atoms with van der Waals surface area (Å²) in [5, 5.41) is 0. The number of benzene rings is 1. The highest BCUT2D eigenvalue weighted by Gasteiger charge is 2.52. The predicted molar refractivity (Wildman–Crippen MR) is 62.3 cm³/mol. The number of likely N-dealkylation sites (tertiary alicyclic amines) is 1. The molecule has 0 spiro atoms. The molecular weight excluding hydrogens is 182 g/mol. The summed E-state index contributed by atoms with van der Waals surface area (Å²) < 4.78 is 0. The van der Waals surface area contributed by atoms with Crippen LogP contribution in [0, 0.1) is 31.6 Å². The van der Waals surface area contributed by atoms with Gasteiger partial charge >= 0.3 is 0 Å². The van der Waals surface area contributed by atoms with Crippen LogP contribution in [-0.4, -0.2) is 18.0 Å². The molecule has 1 aliphatic heterocycles. The fraction of sp³-hybridized carbons (Fsp3) is 0.500. The standard InChI is InChI=1S/C14H18N/c1-10-4-3-5-12(6-10)7-15-8-13-11(2)14(13)9-15/h3-6,11,13-14H,2,7-9H2,1H3. The van der Waals surface area contributed by atoms with Gasteiger partial charge in [-0.3, -0.25) is 4.90 Å². The van der Waals surface area contributed by atoms with Gasteiger partial charge in [-0.25, -0.2) is 0 Å². The topological polar surface area (TPSA) is 3.24 Å². The lowest BCUT2D eigenvalue weighted by atomic mass is 10.1. The van der Waals surface area contributed by atoms with Crippen LogP contribution in [0.5, 0.6) is 0 Å². The summed E-state index contributed by atoms with van der Waals surface area (Å²) in [7, 11) is 0. The molecule has 0 amide bonds. The third kappa shape index (κ3) is 1.69. The van der Waals surface area contributed by atoms with E-state index in [1.807, 2.05) is 0 Å². The van der Waals surface area contributed by atoms with Crippen LogP contribution in [0.3, 0.4) is 0 Å². The van der Waals surface area contributed by atoms with Crippen molar-refractivity contribution in [1.82, 2.24) is 4.90 Å². The summed E-state index contributed by atoms with van der Waals surface area (Å²) in [6.45, 7) is 9.99. The largest absolute Gasteiger partial charge is 0.298 e. The van der Waals surface area contributed by atoms with Crippen LogP contribution in [0.25, 0.3) is 0 Å². The molecule has 0 aromatic heterocycles. The number of hydrogen-bond acceptors (Lipinski definition) is 1. The molecule has 1 nitrogen and oxygen atoms in total. The summed E-state index contributed by atoms with van der Waals surface area (Å²) >= 11 is 0. The van der Waals surface area contributed by atoms with Crippen LogP contribution < -0.4 is 0 Å². The molecule has 1 aliphatic carbocycles. The van der Waals surface area contributed by atoms with E-state index in [2.05, 4.69) is 43.0 Å². The number of aryl methyl sites for hydroxylation is 1. The molecule has 2 unspecified atom stereocenters. The number of fused-ring (bicyclic) bond motifs is 1. The molecule has 1 aromatic carbocycles. The van der Waals surface area contributed by atoms with Gasteiger partial charge in [0, 0.05) is 19.6 Å². The molecule has 2 aliphatic rings. The number of piperidine rings is 1. The maximum atomic E-state index is 4.16. The van der Waals surface area contributed by atoms with Crippen LogP contribution in [0.2, 0.25) is 0 Å². The average molecular weight is 200 g/mol. The molecule has 79 valence electrons. The molecule has 1 radical (unpaired) electrons. The van der Waals surface area contributed by atoms with Gasteiger partial charge in [0.25, 0.3) is 0 Å². The lowest BCUT2D eigenvalue weighted by Gasteiger charge is -2.18. The molecule has 1 heterocycles. The van der Waals surface area contributed by atoms with Gasteiger partial charge in [-0.15, -0.1) is 0 Å². The molecule has 2 fully saturated rings. The Hall–Kier alpha value is -0.820. The summed E-state index contributed by atoms with van der Waals surface area (Å²) in [4.78, 5) is 2.58. The lowest BCUT2D eigenvalue weighted by Crippen LogP contribution is -2.23. The predicted octanol–water partition coefficient (Wildman–Crippen LogP) is 2.51. The van der Waals surface area contributed by atoms with E-state index in [0.29, 0.717) is 0 Å². The Morgan fingerprint density at radius 1 is 1.33 bits per heavy atom. The van der Waals surface area contributed by atoms with Crippen LogP contribution in [0.1, 0.15) is 11.1 Å². The first-order valence-corrected chi connectivity index (χ1v) is 5.85. The lowest BCUT2D eigenvalue weighted by molar-refractivity contribution is 0.286. The van der Waals surface area contributed by atoms with E-state index in [0.717, 1.165) is 24.3 Å². The first-order valence-electron chi connectivity index (χ1n) is 5.85. The van der Waals surface area contributed by atoms with E-state index in [-0.39, 0.29) is 0 Å². The monoisotopic (exact) mass is 200 g/mol. The second-order valence-corrected chi connectivity index (χ2v) is 5.17. The van der Waals surface area contributed by atoms with E-state index in [4.69, 9.17) is 0 Å². The van der Waals surface area contributed by atoms with Crippen LogP contribution >= 0.6 is 0 Å². The zero-order valence-electron chi connectivity index (χ0n) is 9.32. The van der Waals surface area contributed by atoms with Crippen molar-refractivity contribution in [1.29, 1.82) is 0 Å². The maximum Gasteiger partial charge on any atom is 0.0234 e. The average Bonchev–Trinajstić information content (AvgIpc) is 2.63. The zero-order chi connectivity index (χ0) is 10.4. The van der Waals surface area contributed by atoms with Crippen LogP contribution in [0.15, 0.2) is 24.3 Å². The molecule has 1 saturated carbocycles. The van der Waals surface area contributed by atoms with E-state index in [1.54, 1.807) is 0 Å². The molecule has 2 atom stereocenters. The molecule has 15 heavy (non-hydrogen) atoms. The van der Waals surface area contributed by atoms with Crippen LogP contribution in [-0.2, 0) is 6.54 Å². The van der Waals surface area contributed by atoms with Crippen LogP contribution in [0.4, 0.5) is 0 Å². The fourth-order valence-electron chi connectivity index (χ4n) is 2.93. The van der Waals surface area contributed by atoms with Gasteiger partial charge in [-0.1, -0.05) is 29.8 Å². The Morgan fingerprint density at radius 2 is 2.07 bits per heavy atom. The second-order valence-electron chi connectivity index (χ2n) is 5.17. The number of nitrogens with zero attached hydrogens (tertiary/aromatic N) is 1. The number of rotatable bonds is 2. The molecular formula is C14H18N. The second kappa shape index (κ2) is 3.34. The van der Waals surface area contributed by atoms with Gasteiger partial charge in [0.05, 0.1) is 0 Å². The van der Waals surface area contributed by atoms with Gasteiger partial charge in [0.2, 0.25) is 0 Å². The smallest absolute Gasteiger partial charge is 0.0234 e. The Labute approximate surface area is 92.1 Å². The Balaban J connectivity index is 1.63. The first-order chi connectivity index (χ1) is 7.24. The molecule has 1 heteroatoms. The van der Waals surface area contributed by atoms with Crippen molar-refractivity contribution in [2.45, 2.75) is 13.5 Å². The third-order valence-electron chi connectivity index (χ3n) is 3.94. The SMILES string of the molecule is [CH2]C1C2CN(Cc3cccc(C)c3)CC12. The minimum Gasteiger partial charge on any atom is -0.298 e. The maximum absolute atomic E-state index is 4.16. The summed E-state index contributed by atoms with van der Waals surface area (Å²) in [6.07, 6.45) is 0. The van der Waals surface area contributed by atoms with Gasteiger partial charge in [-0.05, 0) is 37.2 Å². The normalized spacial score (nSPS) is 34.1. The Morgan fingerprint density at radius 3 is 2.73 bits per heavy atom. The first kappa shape index (κ1) is 9.41. The third-order valence-corrected chi connectivity index (χ3v) is 3.94. The highest BCUT2D eigenvalue weighted by atomic mass is 15.2. The van der Waals surface area contributed by atoms with Crippen molar-refractivity contribution in [3.8, 4) is 0 Å². The summed E-state index contributed by atoms with van der Waals surface area (Å²) in [5.41, 5.74) is 2.82. The Bertz CT molecular complexity index is 359. The van der Waals surface area contributed by atoms with E-state index >= 15 is 0 Å². The Kier molecular flexibility index (Phi) is 2.10. The van der Waals surface area contributed by atoms with Crippen molar-refractivity contribution >= 4 is 0 Å². The minimum absolute atomic E-state index is 0.763.